The van der Waals surface area contributed by atoms with Crippen molar-refractivity contribution in [2.24, 2.45) is 5.92 Å². The van der Waals surface area contributed by atoms with Crippen LogP contribution < -0.4 is 5.32 Å². The van der Waals surface area contributed by atoms with Gasteiger partial charge in [-0.05, 0) is 45.3 Å². The molecular formula is C13H24N2. The van der Waals surface area contributed by atoms with E-state index in [1.807, 2.05) is 0 Å². The molecular weight excluding hydrogens is 184 g/mol. The average molecular weight is 208 g/mol. The lowest BCUT2D eigenvalue weighted by Gasteiger charge is -2.30. The van der Waals surface area contributed by atoms with Crippen LogP contribution >= 0.6 is 0 Å². The van der Waals surface area contributed by atoms with Gasteiger partial charge in [0.05, 0.1) is 0 Å². The summed E-state index contributed by atoms with van der Waals surface area (Å²) in [6.07, 6.45) is 10.0. The van der Waals surface area contributed by atoms with Gasteiger partial charge in [0.15, 0.2) is 0 Å². The first kappa shape index (κ1) is 12.5. The molecule has 15 heavy (non-hydrogen) atoms. The molecule has 0 aliphatic carbocycles. The Morgan fingerprint density at radius 2 is 2.40 bits per heavy atom. The fourth-order valence-corrected chi connectivity index (χ4v) is 2.28. The first-order valence-corrected chi connectivity index (χ1v) is 6.11. The molecule has 1 heterocycles. The highest BCUT2D eigenvalue weighted by atomic mass is 15.1. The smallest absolute Gasteiger partial charge is 0.0240 e. The van der Waals surface area contributed by atoms with Crippen LogP contribution in [0.5, 0.6) is 0 Å². The Morgan fingerprint density at radius 3 is 3.00 bits per heavy atom. The molecule has 1 rings (SSSR count). The van der Waals surface area contributed by atoms with E-state index in [9.17, 15) is 0 Å². The summed E-state index contributed by atoms with van der Waals surface area (Å²) < 4.78 is 0. The lowest BCUT2D eigenvalue weighted by Crippen LogP contribution is -2.40. The van der Waals surface area contributed by atoms with Gasteiger partial charge in [0, 0.05) is 19.0 Å². The Labute approximate surface area is 94.4 Å². The van der Waals surface area contributed by atoms with Crippen molar-refractivity contribution in [2.75, 3.05) is 26.7 Å². The molecule has 0 spiro atoms. The SMILES string of the molecule is C#CCC(CC)NCC1CCCN(C)C1. The van der Waals surface area contributed by atoms with Crippen LogP contribution in [-0.2, 0) is 0 Å². The summed E-state index contributed by atoms with van der Waals surface area (Å²) in [4.78, 5) is 2.43. The van der Waals surface area contributed by atoms with Crippen molar-refractivity contribution in [3.8, 4) is 12.3 Å². The van der Waals surface area contributed by atoms with Gasteiger partial charge in [0.2, 0.25) is 0 Å². The summed E-state index contributed by atoms with van der Waals surface area (Å²) in [7, 11) is 2.21. The fraction of sp³-hybridized carbons (Fsp3) is 0.846. The molecule has 86 valence electrons. The van der Waals surface area contributed by atoms with E-state index in [4.69, 9.17) is 6.42 Å². The van der Waals surface area contributed by atoms with Gasteiger partial charge < -0.3 is 10.2 Å². The molecule has 1 N–H and O–H groups in total. The van der Waals surface area contributed by atoms with E-state index >= 15 is 0 Å². The summed E-state index contributed by atoms with van der Waals surface area (Å²) >= 11 is 0. The maximum absolute atomic E-state index is 5.34. The molecule has 1 aliphatic rings. The zero-order chi connectivity index (χ0) is 11.1. The monoisotopic (exact) mass is 208 g/mol. The third-order valence-corrected chi connectivity index (χ3v) is 3.27. The van der Waals surface area contributed by atoms with Gasteiger partial charge in [-0.25, -0.2) is 0 Å². The maximum atomic E-state index is 5.34. The van der Waals surface area contributed by atoms with E-state index in [2.05, 4.69) is 30.1 Å². The Bertz CT molecular complexity index is 207. The van der Waals surface area contributed by atoms with Crippen LogP contribution in [-0.4, -0.2) is 37.6 Å². The predicted octanol–water partition coefficient (Wildman–Crippen LogP) is 1.72. The highest BCUT2D eigenvalue weighted by molar-refractivity contribution is 4.89. The highest BCUT2D eigenvalue weighted by Gasteiger charge is 2.17. The number of hydrogen-bond acceptors (Lipinski definition) is 2. The molecule has 2 unspecified atom stereocenters. The first-order valence-electron chi connectivity index (χ1n) is 6.11. The zero-order valence-electron chi connectivity index (χ0n) is 10.1. The van der Waals surface area contributed by atoms with Gasteiger partial charge >= 0.3 is 0 Å². The molecule has 0 aromatic heterocycles. The summed E-state index contributed by atoms with van der Waals surface area (Å²) in [6, 6.07) is 0.516. The minimum absolute atomic E-state index is 0.516. The van der Waals surface area contributed by atoms with Gasteiger partial charge in [0.25, 0.3) is 0 Å². The number of hydrogen-bond donors (Lipinski definition) is 1. The molecule has 0 aromatic rings. The van der Waals surface area contributed by atoms with E-state index < -0.39 is 0 Å². The predicted molar refractivity (Wildman–Crippen MR) is 65.8 cm³/mol. The molecule has 0 aromatic carbocycles. The third kappa shape index (κ3) is 4.68. The normalized spacial score (nSPS) is 24.7. The number of terminal acetylenes is 1. The quantitative estimate of drug-likeness (QED) is 0.692. The molecule has 2 atom stereocenters. The van der Waals surface area contributed by atoms with Gasteiger partial charge in [-0.15, -0.1) is 12.3 Å². The second-order valence-corrected chi connectivity index (χ2v) is 4.69. The average Bonchev–Trinajstić information content (AvgIpc) is 2.24. The zero-order valence-corrected chi connectivity index (χ0v) is 10.1. The van der Waals surface area contributed by atoms with E-state index in [-0.39, 0.29) is 0 Å². The van der Waals surface area contributed by atoms with Gasteiger partial charge in [-0.3, -0.25) is 0 Å². The Hall–Kier alpha value is -0.520. The van der Waals surface area contributed by atoms with Crippen LogP contribution in [0.4, 0.5) is 0 Å². The van der Waals surface area contributed by atoms with Crippen molar-refractivity contribution in [1.82, 2.24) is 10.2 Å². The number of nitrogens with zero attached hydrogens (tertiary/aromatic N) is 1. The summed E-state index contributed by atoms with van der Waals surface area (Å²) in [5.41, 5.74) is 0. The molecule has 0 saturated carbocycles. The van der Waals surface area contributed by atoms with Crippen molar-refractivity contribution in [2.45, 2.75) is 38.6 Å². The number of piperidine rings is 1. The Kier molecular flexibility index (Phi) is 5.75. The number of likely N-dealkylation sites (tertiary alicyclic amines) is 1. The Balaban J connectivity index is 2.20. The van der Waals surface area contributed by atoms with E-state index in [1.165, 1.54) is 25.9 Å². The molecule has 1 aliphatic heterocycles. The summed E-state index contributed by atoms with van der Waals surface area (Å²) in [5.74, 6) is 3.56. The topological polar surface area (TPSA) is 15.3 Å². The molecule has 0 radical (unpaired) electrons. The standard InChI is InChI=1S/C13H24N2/c1-4-7-13(5-2)14-10-12-8-6-9-15(3)11-12/h1,12-14H,5-11H2,2-3H3. The second kappa shape index (κ2) is 6.87. The van der Waals surface area contributed by atoms with Crippen LogP contribution in [0.1, 0.15) is 32.6 Å². The second-order valence-electron chi connectivity index (χ2n) is 4.69. The molecule has 1 saturated heterocycles. The van der Waals surface area contributed by atoms with Crippen molar-refractivity contribution in [3.63, 3.8) is 0 Å². The number of nitrogens with one attached hydrogen (secondary N) is 1. The van der Waals surface area contributed by atoms with Crippen molar-refractivity contribution < 1.29 is 0 Å². The lowest BCUT2D eigenvalue weighted by molar-refractivity contribution is 0.202. The lowest BCUT2D eigenvalue weighted by atomic mass is 9.98. The van der Waals surface area contributed by atoms with Crippen molar-refractivity contribution >= 4 is 0 Å². The molecule has 2 nitrogen and oxygen atoms in total. The van der Waals surface area contributed by atoms with E-state index in [0.717, 1.165) is 25.3 Å². The van der Waals surface area contributed by atoms with Crippen LogP contribution in [0, 0.1) is 18.3 Å². The van der Waals surface area contributed by atoms with E-state index in [0.29, 0.717) is 6.04 Å². The Morgan fingerprint density at radius 1 is 1.60 bits per heavy atom. The number of rotatable bonds is 5. The molecule has 1 fully saturated rings. The van der Waals surface area contributed by atoms with Crippen molar-refractivity contribution in [3.05, 3.63) is 0 Å². The summed E-state index contributed by atoms with van der Waals surface area (Å²) in [5, 5.41) is 3.59. The van der Waals surface area contributed by atoms with Crippen LogP contribution in [0.15, 0.2) is 0 Å². The molecule has 0 amide bonds. The van der Waals surface area contributed by atoms with Gasteiger partial charge in [-0.2, -0.15) is 0 Å². The maximum Gasteiger partial charge on any atom is 0.0240 e. The van der Waals surface area contributed by atoms with Gasteiger partial charge in [0.1, 0.15) is 0 Å². The van der Waals surface area contributed by atoms with Crippen LogP contribution in [0.2, 0.25) is 0 Å². The third-order valence-electron chi connectivity index (χ3n) is 3.27. The van der Waals surface area contributed by atoms with Crippen LogP contribution in [0.3, 0.4) is 0 Å². The first-order chi connectivity index (χ1) is 7.26. The molecule has 2 heteroatoms. The van der Waals surface area contributed by atoms with E-state index in [1.54, 1.807) is 0 Å². The van der Waals surface area contributed by atoms with Crippen LogP contribution in [0.25, 0.3) is 0 Å². The van der Waals surface area contributed by atoms with Gasteiger partial charge in [-0.1, -0.05) is 6.92 Å². The minimum Gasteiger partial charge on any atom is -0.313 e. The highest BCUT2D eigenvalue weighted by Crippen LogP contribution is 2.14. The fourth-order valence-electron chi connectivity index (χ4n) is 2.28. The molecule has 0 bridgehead atoms. The largest absolute Gasteiger partial charge is 0.313 e. The summed E-state index contributed by atoms with van der Waals surface area (Å²) in [6.45, 7) is 5.82. The van der Waals surface area contributed by atoms with Crippen molar-refractivity contribution in [1.29, 1.82) is 0 Å². The minimum atomic E-state index is 0.516.